The summed E-state index contributed by atoms with van der Waals surface area (Å²) < 4.78 is 13.0. The van der Waals surface area contributed by atoms with E-state index in [0.29, 0.717) is 6.04 Å². The maximum Gasteiger partial charge on any atom is 0.228 e. The van der Waals surface area contributed by atoms with Crippen molar-refractivity contribution < 1.29 is 9.18 Å². The Labute approximate surface area is 154 Å². The van der Waals surface area contributed by atoms with Crippen LogP contribution in [0.1, 0.15) is 50.0 Å². The van der Waals surface area contributed by atoms with E-state index in [1.165, 1.54) is 44.2 Å². The van der Waals surface area contributed by atoms with E-state index in [1.54, 1.807) is 12.1 Å². The largest absolute Gasteiger partial charge is 0.382 e. The van der Waals surface area contributed by atoms with Crippen LogP contribution in [0.3, 0.4) is 0 Å². The molecule has 2 atom stereocenters. The number of hydrogen-bond donors (Lipinski definition) is 2. The maximum atomic E-state index is 13.0. The van der Waals surface area contributed by atoms with Crippen molar-refractivity contribution in [2.45, 2.75) is 50.5 Å². The fourth-order valence-corrected chi connectivity index (χ4v) is 3.93. The molecule has 0 aromatic heterocycles. The fourth-order valence-electron chi connectivity index (χ4n) is 3.93. The lowest BCUT2D eigenvalue weighted by atomic mass is 9.95. The van der Waals surface area contributed by atoms with Gasteiger partial charge in [0.2, 0.25) is 5.91 Å². The summed E-state index contributed by atoms with van der Waals surface area (Å²) in [6.07, 6.45) is 7.28. The number of carbonyl (C=O) groups is 1. The molecule has 2 aromatic carbocycles. The monoisotopic (exact) mass is 352 g/mol. The summed E-state index contributed by atoms with van der Waals surface area (Å²) >= 11 is 0. The second kappa shape index (κ2) is 7.48. The van der Waals surface area contributed by atoms with Crippen LogP contribution >= 0.6 is 0 Å². The first-order valence-corrected chi connectivity index (χ1v) is 9.62. The second-order valence-electron chi connectivity index (χ2n) is 7.55. The van der Waals surface area contributed by atoms with Crippen LogP contribution < -0.4 is 10.6 Å². The normalized spacial score (nSPS) is 22.7. The Morgan fingerprint density at radius 2 is 1.54 bits per heavy atom. The van der Waals surface area contributed by atoms with Crippen molar-refractivity contribution in [2.75, 3.05) is 10.6 Å². The van der Waals surface area contributed by atoms with E-state index >= 15 is 0 Å². The molecule has 0 bridgehead atoms. The summed E-state index contributed by atoms with van der Waals surface area (Å²) in [7, 11) is 0. The predicted octanol–water partition coefficient (Wildman–Crippen LogP) is 5.31. The SMILES string of the molecule is O=C(Nc1ccc(NC2CCCCC2)cc1)C1CC1c1ccc(F)cc1. The molecule has 1 amide bonds. The molecule has 2 N–H and O–H groups in total. The Balaban J connectivity index is 1.30. The minimum atomic E-state index is -0.239. The number of nitrogens with one attached hydrogen (secondary N) is 2. The zero-order valence-electron chi connectivity index (χ0n) is 14.9. The first-order valence-electron chi connectivity index (χ1n) is 9.62. The third-order valence-electron chi connectivity index (χ3n) is 5.55. The first-order chi connectivity index (χ1) is 12.7. The highest BCUT2D eigenvalue weighted by molar-refractivity contribution is 5.95. The molecule has 2 saturated carbocycles. The van der Waals surface area contributed by atoms with E-state index in [0.717, 1.165) is 23.4 Å². The molecule has 136 valence electrons. The van der Waals surface area contributed by atoms with E-state index in [9.17, 15) is 9.18 Å². The van der Waals surface area contributed by atoms with Crippen LogP contribution in [-0.4, -0.2) is 11.9 Å². The highest BCUT2D eigenvalue weighted by atomic mass is 19.1. The molecule has 3 nitrogen and oxygen atoms in total. The predicted molar refractivity (Wildman–Crippen MR) is 103 cm³/mol. The van der Waals surface area contributed by atoms with E-state index < -0.39 is 0 Å². The van der Waals surface area contributed by atoms with Gasteiger partial charge in [0.1, 0.15) is 5.82 Å². The van der Waals surface area contributed by atoms with Crippen LogP contribution in [-0.2, 0) is 4.79 Å². The number of amides is 1. The number of rotatable bonds is 5. The Morgan fingerprint density at radius 1 is 0.885 bits per heavy atom. The minimum absolute atomic E-state index is 0.0134. The van der Waals surface area contributed by atoms with Gasteiger partial charge in [-0.3, -0.25) is 4.79 Å². The van der Waals surface area contributed by atoms with Crippen LogP contribution in [0.2, 0.25) is 0 Å². The highest BCUT2D eigenvalue weighted by Crippen LogP contribution is 2.48. The minimum Gasteiger partial charge on any atom is -0.382 e. The molecule has 0 radical (unpaired) electrons. The number of carbonyl (C=O) groups excluding carboxylic acids is 1. The van der Waals surface area contributed by atoms with Crippen LogP contribution in [0.5, 0.6) is 0 Å². The number of hydrogen-bond acceptors (Lipinski definition) is 2. The maximum absolute atomic E-state index is 13.0. The van der Waals surface area contributed by atoms with Crippen molar-refractivity contribution in [3.63, 3.8) is 0 Å². The van der Waals surface area contributed by atoms with E-state index in [4.69, 9.17) is 0 Å². The average molecular weight is 352 g/mol. The zero-order chi connectivity index (χ0) is 17.9. The summed E-state index contributed by atoms with van der Waals surface area (Å²) in [4.78, 5) is 12.4. The third kappa shape index (κ3) is 4.06. The van der Waals surface area contributed by atoms with Gasteiger partial charge in [-0.25, -0.2) is 4.39 Å². The number of halogens is 1. The van der Waals surface area contributed by atoms with Crippen molar-refractivity contribution in [2.24, 2.45) is 5.92 Å². The molecular formula is C22H25FN2O. The van der Waals surface area contributed by atoms with Crippen LogP contribution in [0.4, 0.5) is 15.8 Å². The standard InChI is InChI=1S/C22H25FN2O/c23-16-8-6-15(7-9-16)20-14-21(20)22(26)25-19-12-10-18(11-13-19)24-17-4-2-1-3-5-17/h6-13,17,20-21,24H,1-5,14H2,(H,25,26). The smallest absolute Gasteiger partial charge is 0.228 e. The molecule has 0 aliphatic heterocycles. The van der Waals surface area contributed by atoms with Gasteiger partial charge in [-0.2, -0.15) is 0 Å². The molecule has 4 heteroatoms. The van der Waals surface area contributed by atoms with Crippen molar-refractivity contribution >= 4 is 17.3 Å². The van der Waals surface area contributed by atoms with Crippen LogP contribution in [0.15, 0.2) is 48.5 Å². The van der Waals surface area contributed by atoms with Gasteiger partial charge in [-0.05, 0) is 67.1 Å². The van der Waals surface area contributed by atoms with Crippen molar-refractivity contribution in [1.29, 1.82) is 0 Å². The lowest BCUT2D eigenvalue weighted by molar-refractivity contribution is -0.117. The van der Waals surface area contributed by atoms with Gasteiger partial charge >= 0.3 is 0 Å². The Hall–Kier alpha value is -2.36. The zero-order valence-corrected chi connectivity index (χ0v) is 14.9. The fraction of sp³-hybridized carbons (Fsp3) is 0.409. The Kier molecular flexibility index (Phi) is 4.91. The molecular weight excluding hydrogens is 327 g/mol. The van der Waals surface area contributed by atoms with Gasteiger partial charge < -0.3 is 10.6 Å². The summed E-state index contributed by atoms with van der Waals surface area (Å²) in [5.74, 6) is 0.00739. The molecule has 26 heavy (non-hydrogen) atoms. The molecule has 2 unspecified atom stereocenters. The number of anilines is 2. The molecule has 2 aliphatic rings. The van der Waals surface area contributed by atoms with Gasteiger partial charge in [-0.1, -0.05) is 31.4 Å². The molecule has 4 rings (SSSR count). The lowest BCUT2D eigenvalue weighted by Crippen LogP contribution is -2.22. The summed E-state index contributed by atoms with van der Waals surface area (Å²) in [6.45, 7) is 0. The highest BCUT2D eigenvalue weighted by Gasteiger charge is 2.43. The van der Waals surface area contributed by atoms with Gasteiger partial charge in [-0.15, -0.1) is 0 Å². The van der Waals surface area contributed by atoms with Crippen molar-refractivity contribution in [3.05, 3.63) is 59.9 Å². The summed E-state index contributed by atoms with van der Waals surface area (Å²) in [6, 6.07) is 15.0. The van der Waals surface area contributed by atoms with Gasteiger partial charge in [0.05, 0.1) is 0 Å². The first kappa shape index (κ1) is 17.1. The second-order valence-corrected chi connectivity index (χ2v) is 7.55. The van der Waals surface area contributed by atoms with Crippen LogP contribution in [0, 0.1) is 11.7 Å². The Morgan fingerprint density at radius 3 is 2.23 bits per heavy atom. The van der Waals surface area contributed by atoms with Crippen molar-refractivity contribution in [3.8, 4) is 0 Å². The third-order valence-corrected chi connectivity index (χ3v) is 5.55. The van der Waals surface area contributed by atoms with Gasteiger partial charge in [0.15, 0.2) is 0 Å². The van der Waals surface area contributed by atoms with E-state index in [-0.39, 0.29) is 23.6 Å². The molecule has 0 saturated heterocycles. The molecule has 2 aliphatic carbocycles. The van der Waals surface area contributed by atoms with E-state index in [2.05, 4.69) is 10.6 Å². The quantitative estimate of drug-likeness (QED) is 0.765. The Bertz CT molecular complexity index is 751. The van der Waals surface area contributed by atoms with Crippen LogP contribution in [0.25, 0.3) is 0 Å². The molecule has 0 heterocycles. The number of benzene rings is 2. The average Bonchev–Trinajstić information content (AvgIpc) is 3.46. The molecule has 0 spiro atoms. The van der Waals surface area contributed by atoms with Crippen molar-refractivity contribution in [1.82, 2.24) is 0 Å². The lowest BCUT2D eigenvalue weighted by Gasteiger charge is -2.23. The molecule has 2 aromatic rings. The van der Waals surface area contributed by atoms with Gasteiger partial charge in [0.25, 0.3) is 0 Å². The topological polar surface area (TPSA) is 41.1 Å². The van der Waals surface area contributed by atoms with E-state index in [1.807, 2.05) is 24.3 Å². The summed E-state index contributed by atoms with van der Waals surface area (Å²) in [5.41, 5.74) is 2.98. The molecule has 2 fully saturated rings. The van der Waals surface area contributed by atoms with Gasteiger partial charge in [0, 0.05) is 23.3 Å². The summed E-state index contributed by atoms with van der Waals surface area (Å²) in [5, 5.41) is 6.59.